The van der Waals surface area contributed by atoms with Gasteiger partial charge in [-0.25, -0.2) is 0 Å². The Labute approximate surface area is 166 Å². The molecule has 0 unspecified atom stereocenters. The molecule has 6 rings (SSSR count). The summed E-state index contributed by atoms with van der Waals surface area (Å²) in [5.41, 5.74) is 5.02. The number of rotatable bonds is 1. The van der Waals surface area contributed by atoms with Gasteiger partial charge in [0, 0.05) is 34.6 Å². The molecule has 3 aliphatic rings. The Morgan fingerprint density at radius 3 is 3.04 bits per heavy atom. The Morgan fingerprint density at radius 1 is 1.07 bits per heavy atom. The van der Waals surface area contributed by atoms with Crippen LogP contribution < -0.4 is 0 Å². The summed E-state index contributed by atoms with van der Waals surface area (Å²) in [7, 11) is 0. The van der Waals surface area contributed by atoms with E-state index in [-0.39, 0.29) is 0 Å². The van der Waals surface area contributed by atoms with Crippen LogP contribution in [0, 0.1) is 5.92 Å². The molecule has 1 aliphatic carbocycles. The molecule has 2 aliphatic heterocycles. The highest BCUT2D eigenvalue weighted by Gasteiger charge is 2.41. The molecule has 1 N–H and O–H groups in total. The Bertz CT molecular complexity index is 1090. The molecular weight excluding hydrogens is 342 g/mol. The first kappa shape index (κ1) is 16.6. The van der Waals surface area contributed by atoms with E-state index in [9.17, 15) is 0 Å². The Kier molecular flexibility index (Phi) is 3.90. The molecule has 1 saturated heterocycles. The molecule has 142 valence electrons. The standard InChI is InChI=1S/C25H27N3/c1-2-6-14-28-19(7-3-1)16-18-15-17(10-11-23(18)28)24-25-21(12-13-26-24)20-8-4-5-9-22(20)27-25/h3-5,7-10,12-13,18-19,23,27H,1-2,6,11,14-16H2/b7-3-/t18-,19-,23-/m0/s1. The van der Waals surface area contributed by atoms with Gasteiger partial charge in [0.1, 0.15) is 0 Å². The van der Waals surface area contributed by atoms with Crippen molar-refractivity contribution < 1.29 is 0 Å². The number of hydrogen-bond donors (Lipinski definition) is 1. The first-order valence-electron chi connectivity index (χ1n) is 10.9. The van der Waals surface area contributed by atoms with E-state index in [0.29, 0.717) is 6.04 Å². The molecule has 3 nitrogen and oxygen atoms in total. The Balaban J connectivity index is 1.37. The molecule has 0 radical (unpaired) electrons. The van der Waals surface area contributed by atoms with Crippen molar-refractivity contribution >= 4 is 27.4 Å². The third kappa shape index (κ3) is 2.56. The summed E-state index contributed by atoms with van der Waals surface area (Å²) < 4.78 is 0. The zero-order valence-electron chi connectivity index (χ0n) is 16.3. The number of fused-ring (bicyclic) bond motifs is 6. The number of hydrogen-bond acceptors (Lipinski definition) is 2. The number of benzene rings is 1. The Hall–Kier alpha value is -2.39. The van der Waals surface area contributed by atoms with Crippen LogP contribution in [0.1, 0.15) is 44.2 Å². The minimum absolute atomic E-state index is 0.653. The molecule has 3 heteroatoms. The van der Waals surface area contributed by atoms with Crippen molar-refractivity contribution in [1.82, 2.24) is 14.9 Å². The minimum atomic E-state index is 0.653. The van der Waals surface area contributed by atoms with Gasteiger partial charge in [0.25, 0.3) is 0 Å². The summed E-state index contributed by atoms with van der Waals surface area (Å²) in [6.45, 7) is 1.27. The number of para-hydroxylation sites is 1. The van der Waals surface area contributed by atoms with Gasteiger partial charge in [-0.15, -0.1) is 0 Å². The van der Waals surface area contributed by atoms with Crippen molar-refractivity contribution in [2.75, 3.05) is 6.54 Å². The SMILES string of the molecule is C1=C(c2nccc3c2[nH]c2ccccc23)C[C@H]2C[C@@H]3/C=C\CCCCN3[C@H]2C1. The zero-order valence-corrected chi connectivity index (χ0v) is 16.3. The van der Waals surface area contributed by atoms with Gasteiger partial charge < -0.3 is 4.98 Å². The summed E-state index contributed by atoms with van der Waals surface area (Å²) in [6.07, 6.45) is 17.0. The molecule has 28 heavy (non-hydrogen) atoms. The predicted octanol–water partition coefficient (Wildman–Crippen LogP) is 5.69. The molecule has 4 heterocycles. The van der Waals surface area contributed by atoms with E-state index in [1.54, 1.807) is 0 Å². The molecular formula is C25H27N3. The highest BCUT2D eigenvalue weighted by atomic mass is 15.2. The van der Waals surface area contributed by atoms with Crippen LogP contribution in [0.2, 0.25) is 0 Å². The second-order valence-corrected chi connectivity index (χ2v) is 8.71. The third-order valence-electron chi connectivity index (χ3n) is 7.16. The lowest BCUT2D eigenvalue weighted by Gasteiger charge is -2.33. The fourth-order valence-corrected chi connectivity index (χ4v) is 5.84. The van der Waals surface area contributed by atoms with Crippen LogP contribution in [0.15, 0.2) is 54.8 Å². The molecule has 3 aromatic rings. The van der Waals surface area contributed by atoms with Gasteiger partial charge in [-0.2, -0.15) is 0 Å². The fourth-order valence-electron chi connectivity index (χ4n) is 5.84. The molecule has 3 atom stereocenters. The van der Waals surface area contributed by atoms with Gasteiger partial charge in [0.05, 0.1) is 11.2 Å². The average molecular weight is 370 g/mol. The van der Waals surface area contributed by atoms with Crippen molar-refractivity contribution in [2.45, 2.75) is 50.6 Å². The van der Waals surface area contributed by atoms with Crippen LogP contribution in [0.3, 0.4) is 0 Å². The first-order chi connectivity index (χ1) is 13.9. The zero-order chi connectivity index (χ0) is 18.5. The van der Waals surface area contributed by atoms with Crippen molar-refractivity contribution in [3.8, 4) is 0 Å². The monoisotopic (exact) mass is 369 g/mol. The summed E-state index contributed by atoms with van der Waals surface area (Å²) >= 11 is 0. The topological polar surface area (TPSA) is 31.9 Å². The summed E-state index contributed by atoms with van der Waals surface area (Å²) in [4.78, 5) is 11.3. The highest BCUT2D eigenvalue weighted by molar-refractivity contribution is 6.09. The van der Waals surface area contributed by atoms with E-state index in [1.807, 2.05) is 6.20 Å². The normalized spacial score (nSPS) is 29.1. The van der Waals surface area contributed by atoms with Gasteiger partial charge in [-0.05, 0) is 68.7 Å². The van der Waals surface area contributed by atoms with Gasteiger partial charge in [-0.1, -0.05) is 36.4 Å². The van der Waals surface area contributed by atoms with E-state index in [1.165, 1.54) is 71.7 Å². The molecule has 1 fully saturated rings. The highest BCUT2D eigenvalue weighted by Crippen LogP contribution is 2.44. The van der Waals surface area contributed by atoms with Crippen LogP contribution in [0.4, 0.5) is 0 Å². The molecule has 1 aromatic carbocycles. The van der Waals surface area contributed by atoms with Crippen LogP contribution >= 0.6 is 0 Å². The van der Waals surface area contributed by atoms with E-state index in [2.05, 4.69) is 58.4 Å². The third-order valence-corrected chi connectivity index (χ3v) is 7.16. The summed E-state index contributed by atoms with van der Waals surface area (Å²) in [5, 5.41) is 2.59. The molecule has 0 spiro atoms. The average Bonchev–Trinajstić information content (AvgIpc) is 3.25. The van der Waals surface area contributed by atoms with Gasteiger partial charge in [-0.3, -0.25) is 9.88 Å². The number of pyridine rings is 1. The lowest BCUT2D eigenvalue weighted by Crippen LogP contribution is -2.38. The maximum Gasteiger partial charge on any atom is 0.0899 e. The van der Waals surface area contributed by atoms with Crippen LogP contribution in [-0.4, -0.2) is 33.5 Å². The Morgan fingerprint density at radius 2 is 2.04 bits per heavy atom. The fraction of sp³-hybridized carbons (Fsp3) is 0.400. The lowest BCUT2D eigenvalue weighted by molar-refractivity contribution is 0.192. The van der Waals surface area contributed by atoms with E-state index in [0.717, 1.165) is 18.4 Å². The first-order valence-corrected chi connectivity index (χ1v) is 10.9. The van der Waals surface area contributed by atoms with Crippen molar-refractivity contribution in [3.05, 3.63) is 60.5 Å². The maximum absolute atomic E-state index is 4.83. The second-order valence-electron chi connectivity index (χ2n) is 8.71. The van der Waals surface area contributed by atoms with Gasteiger partial charge >= 0.3 is 0 Å². The van der Waals surface area contributed by atoms with E-state index >= 15 is 0 Å². The number of H-pyrrole nitrogens is 1. The number of aromatic amines is 1. The minimum Gasteiger partial charge on any atom is -0.353 e. The summed E-state index contributed by atoms with van der Waals surface area (Å²) in [6, 6.07) is 12.1. The van der Waals surface area contributed by atoms with Gasteiger partial charge in [0.2, 0.25) is 0 Å². The van der Waals surface area contributed by atoms with E-state index in [4.69, 9.17) is 4.98 Å². The quantitative estimate of drug-likeness (QED) is 0.559. The van der Waals surface area contributed by atoms with Crippen molar-refractivity contribution in [3.63, 3.8) is 0 Å². The second kappa shape index (κ2) is 6.59. The number of allylic oxidation sites excluding steroid dienone is 2. The summed E-state index contributed by atoms with van der Waals surface area (Å²) in [5.74, 6) is 0.759. The number of nitrogens with zero attached hydrogens (tertiary/aromatic N) is 2. The van der Waals surface area contributed by atoms with Crippen LogP contribution in [-0.2, 0) is 0 Å². The molecule has 0 amide bonds. The van der Waals surface area contributed by atoms with Gasteiger partial charge in [0.15, 0.2) is 0 Å². The predicted molar refractivity (Wildman–Crippen MR) is 116 cm³/mol. The number of nitrogens with one attached hydrogen (secondary N) is 1. The van der Waals surface area contributed by atoms with Crippen LogP contribution in [0.25, 0.3) is 27.4 Å². The lowest BCUT2D eigenvalue weighted by atomic mass is 9.83. The molecule has 0 bridgehead atoms. The van der Waals surface area contributed by atoms with Crippen molar-refractivity contribution in [2.24, 2.45) is 5.92 Å². The van der Waals surface area contributed by atoms with Crippen molar-refractivity contribution in [1.29, 1.82) is 0 Å². The molecule has 0 saturated carbocycles. The van der Waals surface area contributed by atoms with Crippen LogP contribution in [0.5, 0.6) is 0 Å². The largest absolute Gasteiger partial charge is 0.353 e. The van der Waals surface area contributed by atoms with E-state index < -0.39 is 0 Å². The maximum atomic E-state index is 4.83. The molecule has 2 aromatic heterocycles. The smallest absolute Gasteiger partial charge is 0.0899 e. The number of aromatic nitrogens is 2.